The van der Waals surface area contributed by atoms with Crippen LogP contribution in [0.3, 0.4) is 0 Å². The molecule has 33 heavy (non-hydrogen) atoms. The molecule has 1 heterocycles. The first-order chi connectivity index (χ1) is 16.4. The van der Waals surface area contributed by atoms with Crippen LogP contribution in [0, 0.1) is 6.07 Å². The van der Waals surface area contributed by atoms with Crippen LogP contribution in [-0.2, 0) is 6.42 Å². The Morgan fingerprint density at radius 1 is 0.758 bits per heavy atom. The molecule has 0 bridgehead atoms. The molecule has 1 aromatic heterocycles. The molecule has 0 N–H and O–H groups in total. The molecule has 0 aliphatic carbocycles. The van der Waals surface area contributed by atoms with Crippen LogP contribution in [0.5, 0.6) is 11.8 Å². The molecule has 0 aliphatic rings. The maximum atomic E-state index is 6.07. The van der Waals surface area contributed by atoms with Crippen molar-refractivity contribution >= 4 is 0 Å². The SMILES string of the molecule is CCCCCCCCCCCCCCCc1ccc[c]c1Oc1nnnn1-c1ccccc1. The van der Waals surface area contributed by atoms with Gasteiger partial charge in [0.1, 0.15) is 5.75 Å². The summed E-state index contributed by atoms with van der Waals surface area (Å²) >= 11 is 0. The van der Waals surface area contributed by atoms with Crippen LogP contribution in [0.4, 0.5) is 0 Å². The van der Waals surface area contributed by atoms with Gasteiger partial charge in [0.2, 0.25) is 0 Å². The summed E-state index contributed by atoms with van der Waals surface area (Å²) in [5, 5.41) is 11.9. The van der Waals surface area contributed by atoms with Crippen LogP contribution in [0.25, 0.3) is 5.69 Å². The number of hydrogen-bond acceptors (Lipinski definition) is 4. The number of aromatic nitrogens is 4. The Labute approximate surface area is 199 Å². The highest BCUT2D eigenvalue weighted by Crippen LogP contribution is 2.26. The fourth-order valence-corrected chi connectivity index (χ4v) is 4.15. The van der Waals surface area contributed by atoms with E-state index < -0.39 is 0 Å². The topological polar surface area (TPSA) is 52.8 Å². The Morgan fingerprint density at radius 2 is 1.39 bits per heavy atom. The van der Waals surface area contributed by atoms with Gasteiger partial charge < -0.3 is 4.74 Å². The highest BCUT2D eigenvalue weighted by atomic mass is 16.5. The minimum atomic E-state index is 0.357. The van der Waals surface area contributed by atoms with E-state index in [1.54, 1.807) is 4.68 Å². The van der Waals surface area contributed by atoms with Crippen molar-refractivity contribution in [3.05, 3.63) is 60.2 Å². The van der Waals surface area contributed by atoms with Crippen LogP contribution >= 0.6 is 0 Å². The van der Waals surface area contributed by atoms with E-state index in [2.05, 4.69) is 34.6 Å². The van der Waals surface area contributed by atoms with E-state index in [4.69, 9.17) is 4.74 Å². The van der Waals surface area contributed by atoms with Crippen molar-refractivity contribution in [2.24, 2.45) is 0 Å². The van der Waals surface area contributed by atoms with E-state index in [-0.39, 0.29) is 0 Å². The van der Waals surface area contributed by atoms with E-state index in [0.29, 0.717) is 11.8 Å². The summed E-state index contributed by atoms with van der Waals surface area (Å²) in [5.41, 5.74) is 2.02. The lowest BCUT2D eigenvalue weighted by Gasteiger charge is -2.10. The summed E-state index contributed by atoms with van der Waals surface area (Å²) in [6.45, 7) is 2.28. The summed E-state index contributed by atoms with van der Waals surface area (Å²) < 4.78 is 7.68. The summed E-state index contributed by atoms with van der Waals surface area (Å²) in [5.74, 6) is 0.711. The summed E-state index contributed by atoms with van der Waals surface area (Å²) in [6, 6.07) is 19.4. The molecular formula is C28H39N4O. The molecule has 5 nitrogen and oxygen atoms in total. The highest BCUT2D eigenvalue weighted by Gasteiger charge is 2.13. The minimum absolute atomic E-state index is 0.357. The summed E-state index contributed by atoms with van der Waals surface area (Å²) in [6.07, 6.45) is 18.7. The molecule has 0 saturated heterocycles. The van der Waals surface area contributed by atoms with E-state index in [1.807, 2.05) is 42.5 Å². The van der Waals surface area contributed by atoms with Crippen LogP contribution < -0.4 is 4.74 Å². The summed E-state index contributed by atoms with van der Waals surface area (Å²) in [7, 11) is 0. The zero-order valence-electron chi connectivity index (χ0n) is 20.2. The number of para-hydroxylation sites is 2. The first-order valence-corrected chi connectivity index (χ1v) is 12.9. The van der Waals surface area contributed by atoms with Gasteiger partial charge in [-0.3, -0.25) is 0 Å². The number of hydrogen-bond donors (Lipinski definition) is 0. The van der Waals surface area contributed by atoms with Crippen molar-refractivity contribution in [2.45, 2.75) is 96.8 Å². The largest absolute Gasteiger partial charge is 0.422 e. The van der Waals surface area contributed by atoms with Gasteiger partial charge in [-0.2, -0.15) is 4.68 Å². The molecule has 0 unspecified atom stereocenters. The molecule has 0 atom stereocenters. The number of rotatable bonds is 17. The lowest BCUT2D eigenvalue weighted by atomic mass is 10.0. The minimum Gasteiger partial charge on any atom is -0.422 e. The van der Waals surface area contributed by atoms with E-state index >= 15 is 0 Å². The number of aryl methyl sites for hydroxylation is 1. The zero-order valence-corrected chi connectivity index (χ0v) is 20.2. The molecule has 0 saturated carbocycles. The van der Waals surface area contributed by atoms with Crippen LogP contribution in [-0.4, -0.2) is 20.2 Å². The predicted molar refractivity (Wildman–Crippen MR) is 134 cm³/mol. The lowest BCUT2D eigenvalue weighted by molar-refractivity contribution is 0.420. The highest BCUT2D eigenvalue weighted by molar-refractivity contribution is 5.36. The molecule has 3 aromatic rings. The molecule has 0 spiro atoms. The smallest absolute Gasteiger partial charge is 0.345 e. The average molecular weight is 448 g/mol. The quantitative estimate of drug-likeness (QED) is 0.197. The number of benzene rings is 2. The van der Waals surface area contributed by atoms with Crippen molar-refractivity contribution in [1.82, 2.24) is 20.2 Å². The number of tetrazole rings is 1. The zero-order chi connectivity index (χ0) is 23.0. The predicted octanol–water partition coefficient (Wildman–Crippen LogP) is 7.89. The molecule has 2 aromatic carbocycles. The van der Waals surface area contributed by atoms with Gasteiger partial charge >= 0.3 is 6.01 Å². The molecular weight excluding hydrogens is 408 g/mol. The van der Waals surface area contributed by atoms with Gasteiger partial charge in [-0.05, 0) is 41.0 Å². The summed E-state index contributed by atoms with van der Waals surface area (Å²) in [4.78, 5) is 0. The van der Waals surface area contributed by atoms with Crippen LogP contribution in [0.1, 0.15) is 96.0 Å². The maximum Gasteiger partial charge on any atom is 0.345 e. The fraction of sp³-hybridized carbons (Fsp3) is 0.536. The van der Waals surface area contributed by atoms with Crippen molar-refractivity contribution < 1.29 is 4.74 Å². The first-order valence-electron chi connectivity index (χ1n) is 12.9. The Kier molecular flexibility index (Phi) is 11.5. The number of unbranched alkanes of at least 4 members (excludes halogenated alkanes) is 12. The second-order valence-electron chi connectivity index (χ2n) is 8.83. The Balaban J connectivity index is 1.34. The monoisotopic (exact) mass is 447 g/mol. The second-order valence-corrected chi connectivity index (χ2v) is 8.83. The third kappa shape index (κ3) is 8.99. The van der Waals surface area contributed by atoms with E-state index in [1.165, 1.54) is 77.0 Å². The molecule has 1 radical (unpaired) electrons. The van der Waals surface area contributed by atoms with Gasteiger partial charge in [0.15, 0.2) is 0 Å². The van der Waals surface area contributed by atoms with Gasteiger partial charge in [0, 0.05) is 6.07 Å². The standard InChI is InChI=1S/C28H39N4O/c1-2-3-4-5-6-7-8-9-10-11-12-13-15-20-25-21-18-19-24-27(25)33-28-29-30-31-32(28)26-22-16-14-17-23-26/h14,16-19,21-23H,2-13,15,20H2,1H3. The van der Waals surface area contributed by atoms with E-state index in [0.717, 1.165) is 24.1 Å². The van der Waals surface area contributed by atoms with Gasteiger partial charge in [0.05, 0.1) is 5.69 Å². The average Bonchev–Trinajstić information content (AvgIpc) is 3.32. The molecule has 0 fully saturated rings. The van der Waals surface area contributed by atoms with Crippen molar-refractivity contribution in [2.75, 3.05) is 0 Å². The van der Waals surface area contributed by atoms with Crippen molar-refractivity contribution in [3.63, 3.8) is 0 Å². The Morgan fingerprint density at radius 3 is 2.06 bits per heavy atom. The fourth-order valence-electron chi connectivity index (χ4n) is 4.15. The van der Waals surface area contributed by atoms with Gasteiger partial charge in [-0.25, -0.2) is 0 Å². The van der Waals surface area contributed by atoms with Crippen LogP contribution in [0.15, 0.2) is 48.5 Å². The number of nitrogens with zero attached hydrogens (tertiary/aromatic N) is 4. The maximum absolute atomic E-state index is 6.07. The lowest BCUT2D eigenvalue weighted by Crippen LogP contribution is -2.01. The Bertz CT molecular complexity index is 894. The molecule has 5 heteroatoms. The molecule has 177 valence electrons. The molecule has 0 amide bonds. The number of ether oxygens (including phenoxy) is 1. The van der Waals surface area contributed by atoms with Gasteiger partial charge in [-0.15, -0.1) is 0 Å². The second kappa shape index (κ2) is 15.2. The third-order valence-corrected chi connectivity index (χ3v) is 6.08. The van der Waals surface area contributed by atoms with Gasteiger partial charge in [-0.1, -0.05) is 125 Å². The van der Waals surface area contributed by atoms with Gasteiger partial charge in [0.25, 0.3) is 0 Å². The third-order valence-electron chi connectivity index (χ3n) is 6.08. The van der Waals surface area contributed by atoms with Crippen molar-refractivity contribution in [3.8, 4) is 17.4 Å². The van der Waals surface area contributed by atoms with Crippen LogP contribution in [0.2, 0.25) is 0 Å². The Hall–Kier alpha value is -2.69. The molecule has 3 rings (SSSR count). The first kappa shape index (κ1) is 24.9. The van der Waals surface area contributed by atoms with E-state index in [9.17, 15) is 0 Å². The van der Waals surface area contributed by atoms with Crippen molar-refractivity contribution in [1.29, 1.82) is 0 Å². The normalized spacial score (nSPS) is 11.1. The molecule has 0 aliphatic heterocycles.